The number of benzene rings is 2. The average Bonchev–Trinajstić information content (AvgIpc) is 2.82. The maximum absolute atomic E-state index is 12.9. The molecule has 1 saturated heterocycles. The zero-order chi connectivity index (χ0) is 23.8. The van der Waals surface area contributed by atoms with E-state index in [1.807, 2.05) is 0 Å². The third-order valence-electron chi connectivity index (χ3n) is 5.26. The molecular formula is C23H29N3O6S. The molecule has 0 radical (unpaired) electrons. The van der Waals surface area contributed by atoms with Crippen molar-refractivity contribution >= 4 is 33.2 Å². The number of anilines is 2. The predicted octanol–water partition coefficient (Wildman–Crippen LogP) is 2.35. The Morgan fingerprint density at radius 1 is 1.09 bits per heavy atom. The molecule has 0 aromatic heterocycles. The minimum Gasteiger partial charge on any atom is -0.497 e. The van der Waals surface area contributed by atoms with Crippen LogP contribution in [0, 0.1) is 0 Å². The van der Waals surface area contributed by atoms with Gasteiger partial charge in [-0.05, 0) is 42.8 Å². The summed E-state index contributed by atoms with van der Waals surface area (Å²) in [6.45, 7) is 2.14. The Balaban J connectivity index is 1.61. The molecule has 1 N–H and O–H groups in total. The lowest BCUT2D eigenvalue weighted by Gasteiger charge is -2.27. The van der Waals surface area contributed by atoms with E-state index in [0.717, 1.165) is 6.26 Å². The maximum atomic E-state index is 12.9. The summed E-state index contributed by atoms with van der Waals surface area (Å²) in [4.78, 5) is 27.1. The fourth-order valence-electron chi connectivity index (χ4n) is 3.55. The van der Waals surface area contributed by atoms with Crippen LogP contribution in [0.1, 0.15) is 23.2 Å². The molecule has 1 fully saturated rings. The van der Waals surface area contributed by atoms with Crippen LogP contribution < -0.4 is 14.4 Å². The smallest absolute Gasteiger partial charge is 0.256 e. The van der Waals surface area contributed by atoms with Gasteiger partial charge in [0.25, 0.3) is 5.91 Å². The number of nitrogens with one attached hydrogen (secondary N) is 1. The highest BCUT2D eigenvalue weighted by Gasteiger charge is 2.22. The van der Waals surface area contributed by atoms with Crippen LogP contribution in [0.5, 0.6) is 5.75 Å². The summed E-state index contributed by atoms with van der Waals surface area (Å²) in [5.74, 6) is 0.175. The largest absolute Gasteiger partial charge is 0.497 e. The Kier molecular flexibility index (Phi) is 8.29. The fourth-order valence-corrected chi connectivity index (χ4v) is 4.51. The summed E-state index contributed by atoms with van der Waals surface area (Å²) in [5.41, 5.74) is 1.36. The monoisotopic (exact) mass is 475 g/mol. The third-order valence-corrected chi connectivity index (χ3v) is 6.45. The summed E-state index contributed by atoms with van der Waals surface area (Å²) in [5, 5.41) is 2.80. The number of ether oxygens (including phenoxy) is 2. The number of nitrogens with zero attached hydrogens (tertiary/aromatic N) is 2. The number of amides is 2. The molecule has 1 aliphatic rings. The average molecular weight is 476 g/mol. The number of sulfonamides is 1. The number of rotatable bonds is 9. The summed E-state index contributed by atoms with van der Waals surface area (Å²) in [7, 11) is -1.99. The minimum absolute atomic E-state index is 0.0995. The minimum atomic E-state index is -3.52. The van der Waals surface area contributed by atoms with Gasteiger partial charge in [0.15, 0.2) is 0 Å². The van der Waals surface area contributed by atoms with Crippen LogP contribution in [0.2, 0.25) is 0 Å². The summed E-state index contributed by atoms with van der Waals surface area (Å²) >= 11 is 0. The molecule has 0 bridgehead atoms. The first-order valence-electron chi connectivity index (χ1n) is 10.7. The highest BCUT2D eigenvalue weighted by molar-refractivity contribution is 7.92. The third kappa shape index (κ3) is 6.69. The number of morpholine rings is 1. The van der Waals surface area contributed by atoms with Gasteiger partial charge in [-0.1, -0.05) is 12.1 Å². The number of hydrogen-bond donors (Lipinski definition) is 1. The molecule has 0 aliphatic carbocycles. The Morgan fingerprint density at radius 2 is 1.76 bits per heavy atom. The lowest BCUT2D eigenvalue weighted by atomic mass is 10.1. The van der Waals surface area contributed by atoms with Crippen LogP contribution in [-0.2, 0) is 19.6 Å². The van der Waals surface area contributed by atoms with Gasteiger partial charge in [0.1, 0.15) is 5.75 Å². The zero-order valence-corrected chi connectivity index (χ0v) is 19.6. The van der Waals surface area contributed by atoms with E-state index >= 15 is 0 Å². The van der Waals surface area contributed by atoms with Gasteiger partial charge < -0.3 is 19.7 Å². The topological polar surface area (TPSA) is 105 Å². The van der Waals surface area contributed by atoms with E-state index in [-0.39, 0.29) is 24.8 Å². The first kappa shape index (κ1) is 24.5. The molecule has 2 aromatic rings. The highest BCUT2D eigenvalue weighted by Crippen LogP contribution is 2.22. The van der Waals surface area contributed by atoms with Gasteiger partial charge in [0, 0.05) is 26.1 Å². The van der Waals surface area contributed by atoms with Crippen LogP contribution in [0.3, 0.4) is 0 Å². The Morgan fingerprint density at radius 3 is 2.39 bits per heavy atom. The van der Waals surface area contributed by atoms with Crippen molar-refractivity contribution < 1.29 is 27.5 Å². The molecule has 178 valence electrons. The van der Waals surface area contributed by atoms with Crippen molar-refractivity contribution in [2.45, 2.75) is 12.8 Å². The summed E-state index contributed by atoms with van der Waals surface area (Å²) in [6, 6.07) is 13.6. The Labute approximate surface area is 194 Å². The highest BCUT2D eigenvalue weighted by atomic mass is 32.2. The molecule has 33 heavy (non-hydrogen) atoms. The van der Waals surface area contributed by atoms with Crippen molar-refractivity contribution in [3.8, 4) is 5.75 Å². The molecule has 3 rings (SSSR count). The predicted molar refractivity (Wildman–Crippen MR) is 126 cm³/mol. The van der Waals surface area contributed by atoms with E-state index in [1.54, 1.807) is 53.4 Å². The number of hydrogen-bond acceptors (Lipinski definition) is 6. The molecule has 0 spiro atoms. The molecule has 0 saturated carbocycles. The molecule has 1 aliphatic heterocycles. The van der Waals surface area contributed by atoms with E-state index in [0.29, 0.717) is 55.4 Å². The lowest BCUT2D eigenvalue weighted by Crippen LogP contribution is -2.41. The molecule has 1 heterocycles. The van der Waals surface area contributed by atoms with Crippen molar-refractivity contribution in [3.63, 3.8) is 0 Å². The number of carbonyl (C=O) groups excluding carboxylic acids is 2. The van der Waals surface area contributed by atoms with Crippen LogP contribution in [0.4, 0.5) is 11.4 Å². The van der Waals surface area contributed by atoms with Crippen molar-refractivity contribution in [3.05, 3.63) is 54.1 Å². The second-order valence-corrected chi connectivity index (χ2v) is 9.54. The Bertz CT molecular complexity index is 1070. The molecular weight excluding hydrogens is 446 g/mol. The van der Waals surface area contributed by atoms with Gasteiger partial charge in [-0.25, -0.2) is 8.42 Å². The van der Waals surface area contributed by atoms with Gasteiger partial charge in [-0.3, -0.25) is 13.9 Å². The summed E-state index contributed by atoms with van der Waals surface area (Å²) < 4.78 is 36.2. The van der Waals surface area contributed by atoms with Gasteiger partial charge in [0.05, 0.1) is 43.5 Å². The van der Waals surface area contributed by atoms with Crippen molar-refractivity contribution in [2.75, 3.05) is 55.8 Å². The number of methoxy groups -OCH3 is 1. The quantitative estimate of drug-likeness (QED) is 0.597. The standard InChI is InChI=1S/C23H29N3O6S/c1-31-19-11-9-18(10-12-19)26(33(2,29)30)13-5-8-22(27)24-21-7-4-3-6-20(21)23(28)25-14-16-32-17-15-25/h3-4,6-7,9-12H,5,8,13-17H2,1-2H3,(H,24,27). The first-order chi connectivity index (χ1) is 15.8. The fraction of sp³-hybridized carbons (Fsp3) is 0.391. The van der Waals surface area contributed by atoms with Crippen LogP contribution in [-0.4, -0.2) is 71.3 Å². The maximum Gasteiger partial charge on any atom is 0.256 e. The van der Waals surface area contributed by atoms with Crippen molar-refractivity contribution in [2.24, 2.45) is 0 Å². The van der Waals surface area contributed by atoms with Crippen molar-refractivity contribution in [1.29, 1.82) is 0 Å². The van der Waals surface area contributed by atoms with Crippen LogP contribution in [0.25, 0.3) is 0 Å². The molecule has 10 heteroatoms. The van der Waals surface area contributed by atoms with Gasteiger partial charge in [0.2, 0.25) is 15.9 Å². The van der Waals surface area contributed by atoms with Crippen LogP contribution >= 0.6 is 0 Å². The van der Waals surface area contributed by atoms with Crippen LogP contribution in [0.15, 0.2) is 48.5 Å². The second kappa shape index (κ2) is 11.2. The van der Waals surface area contributed by atoms with Crippen molar-refractivity contribution in [1.82, 2.24) is 4.90 Å². The molecule has 0 unspecified atom stereocenters. The van der Waals surface area contributed by atoms with E-state index in [9.17, 15) is 18.0 Å². The molecule has 2 amide bonds. The molecule has 9 nitrogen and oxygen atoms in total. The molecule has 2 aromatic carbocycles. The van der Waals surface area contributed by atoms with E-state index in [1.165, 1.54) is 11.4 Å². The normalized spacial score (nSPS) is 13.9. The zero-order valence-electron chi connectivity index (χ0n) is 18.8. The van der Waals surface area contributed by atoms with E-state index < -0.39 is 10.0 Å². The van der Waals surface area contributed by atoms with E-state index in [4.69, 9.17) is 9.47 Å². The van der Waals surface area contributed by atoms with Gasteiger partial charge >= 0.3 is 0 Å². The van der Waals surface area contributed by atoms with Gasteiger partial charge in [-0.15, -0.1) is 0 Å². The van der Waals surface area contributed by atoms with E-state index in [2.05, 4.69) is 5.32 Å². The first-order valence-corrected chi connectivity index (χ1v) is 12.5. The number of para-hydroxylation sites is 1. The Hall–Kier alpha value is -3.11. The summed E-state index contributed by atoms with van der Waals surface area (Å²) in [6.07, 6.45) is 1.54. The van der Waals surface area contributed by atoms with Gasteiger partial charge in [-0.2, -0.15) is 0 Å². The second-order valence-electron chi connectivity index (χ2n) is 7.64. The SMILES string of the molecule is COc1ccc(N(CCCC(=O)Nc2ccccc2C(=O)N2CCOCC2)S(C)(=O)=O)cc1. The molecule has 0 atom stereocenters. The number of carbonyl (C=O) groups is 2. The lowest BCUT2D eigenvalue weighted by molar-refractivity contribution is -0.116.